The van der Waals surface area contributed by atoms with Gasteiger partial charge in [-0.2, -0.15) is 5.10 Å². The van der Waals surface area contributed by atoms with Crippen molar-refractivity contribution in [2.24, 2.45) is 0 Å². The van der Waals surface area contributed by atoms with Crippen LogP contribution in [0.25, 0.3) is 0 Å². The predicted molar refractivity (Wildman–Crippen MR) is 55.6 cm³/mol. The van der Waals surface area contributed by atoms with Crippen LogP contribution in [0.15, 0.2) is 6.07 Å². The fourth-order valence-corrected chi connectivity index (χ4v) is 1.91. The molecular weight excluding hydrogens is 178 g/mol. The molecule has 4 heteroatoms. The van der Waals surface area contributed by atoms with Gasteiger partial charge in [0.1, 0.15) is 5.82 Å². The summed E-state index contributed by atoms with van der Waals surface area (Å²) in [6, 6.07) is 2.58. The van der Waals surface area contributed by atoms with E-state index in [1.54, 1.807) is 0 Å². The lowest BCUT2D eigenvalue weighted by Gasteiger charge is -2.23. The van der Waals surface area contributed by atoms with Crippen LogP contribution in [0, 0.1) is 6.92 Å². The number of anilines is 1. The van der Waals surface area contributed by atoms with Gasteiger partial charge in [-0.1, -0.05) is 0 Å². The molecule has 0 radical (unpaired) electrons. The molecule has 0 bridgehead atoms. The van der Waals surface area contributed by atoms with E-state index in [1.807, 2.05) is 14.0 Å². The Balaban J connectivity index is 2.20. The van der Waals surface area contributed by atoms with E-state index in [1.165, 1.54) is 0 Å². The van der Waals surface area contributed by atoms with Gasteiger partial charge in [-0.15, -0.1) is 0 Å². The first-order valence-corrected chi connectivity index (χ1v) is 5.13. The Morgan fingerprint density at radius 1 is 1.50 bits per heavy atom. The molecule has 1 aromatic heterocycles. The highest BCUT2D eigenvalue weighted by Crippen LogP contribution is 2.24. The zero-order valence-electron chi connectivity index (χ0n) is 8.79. The van der Waals surface area contributed by atoms with Crippen molar-refractivity contribution >= 4 is 5.82 Å². The van der Waals surface area contributed by atoms with Crippen molar-refractivity contribution in [1.82, 2.24) is 9.78 Å². The molecule has 2 heterocycles. The topological polar surface area (TPSA) is 39.1 Å². The molecule has 1 N–H and O–H groups in total. The van der Waals surface area contributed by atoms with Gasteiger partial charge in [-0.25, -0.2) is 4.68 Å². The van der Waals surface area contributed by atoms with Crippen LogP contribution >= 0.6 is 0 Å². The number of nitrogens with one attached hydrogen (secondary N) is 1. The molecule has 78 valence electrons. The first kappa shape index (κ1) is 9.52. The molecule has 1 aliphatic heterocycles. The van der Waals surface area contributed by atoms with E-state index in [0.717, 1.165) is 37.6 Å². The molecule has 2 rings (SSSR count). The van der Waals surface area contributed by atoms with E-state index >= 15 is 0 Å². The summed E-state index contributed by atoms with van der Waals surface area (Å²) in [5, 5.41) is 7.68. The number of aromatic nitrogens is 2. The van der Waals surface area contributed by atoms with Gasteiger partial charge in [0.15, 0.2) is 0 Å². The molecule has 1 saturated heterocycles. The van der Waals surface area contributed by atoms with Crippen LogP contribution in [-0.2, 0) is 4.74 Å². The van der Waals surface area contributed by atoms with Crippen molar-refractivity contribution in [1.29, 1.82) is 0 Å². The van der Waals surface area contributed by atoms with Crippen LogP contribution < -0.4 is 5.32 Å². The van der Waals surface area contributed by atoms with Gasteiger partial charge in [0.2, 0.25) is 0 Å². The van der Waals surface area contributed by atoms with Crippen LogP contribution in [0.3, 0.4) is 0 Å². The number of nitrogens with zero attached hydrogens (tertiary/aromatic N) is 2. The molecule has 14 heavy (non-hydrogen) atoms. The molecule has 0 aliphatic carbocycles. The lowest BCUT2D eigenvalue weighted by molar-refractivity contribution is 0.0667. The summed E-state index contributed by atoms with van der Waals surface area (Å²) in [4.78, 5) is 0. The number of hydrogen-bond acceptors (Lipinski definition) is 3. The maximum Gasteiger partial charge on any atom is 0.124 e. The average molecular weight is 195 g/mol. The Hall–Kier alpha value is -1.03. The monoisotopic (exact) mass is 195 g/mol. The van der Waals surface area contributed by atoms with Crippen LogP contribution in [0.5, 0.6) is 0 Å². The maximum absolute atomic E-state index is 5.34. The van der Waals surface area contributed by atoms with Crippen molar-refractivity contribution in [3.8, 4) is 0 Å². The number of rotatable bonds is 2. The van der Waals surface area contributed by atoms with E-state index in [0.29, 0.717) is 6.04 Å². The van der Waals surface area contributed by atoms with Gasteiger partial charge >= 0.3 is 0 Å². The third-order valence-corrected chi connectivity index (χ3v) is 2.65. The molecular formula is C10H17N3O. The summed E-state index contributed by atoms with van der Waals surface area (Å²) in [5.41, 5.74) is 1.07. The van der Waals surface area contributed by atoms with Crippen LogP contribution in [0.2, 0.25) is 0 Å². The molecule has 0 aromatic carbocycles. The Morgan fingerprint density at radius 3 is 2.86 bits per heavy atom. The molecule has 1 aliphatic rings. The molecule has 0 unspecified atom stereocenters. The second-order valence-corrected chi connectivity index (χ2v) is 3.71. The Kier molecular flexibility index (Phi) is 2.72. The minimum atomic E-state index is 0.500. The lowest BCUT2D eigenvalue weighted by atomic mass is 10.1. The first-order valence-electron chi connectivity index (χ1n) is 5.13. The van der Waals surface area contributed by atoms with Gasteiger partial charge in [0.05, 0.1) is 11.7 Å². The zero-order valence-corrected chi connectivity index (χ0v) is 8.79. The normalized spacial score (nSPS) is 18.4. The second kappa shape index (κ2) is 4.00. The third-order valence-electron chi connectivity index (χ3n) is 2.65. The number of hydrogen-bond donors (Lipinski definition) is 1. The molecule has 0 amide bonds. The van der Waals surface area contributed by atoms with Crippen molar-refractivity contribution in [2.75, 3.05) is 25.6 Å². The van der Waals surface area contributed by atoms with Crippen LogP contribution in [0.1, 0.15) is 24.6 Å². The highest BCUT2D eigenvalue weighted by molar-refractivity contribution is 5.36. The highest BCUT2D eigenvalue weighted by Gasteiger charge is 2.18. The summed E-state index contributed by atoms with van der Waals surface area (Å²) in [6.07, 6.45) is 2.13. The zero-order chi connectivity index (χ0) is 9.97. The van der Waals surface area contributed by atoms with Crippen molar-refractivity contribution in [2.45, 2.75) is 25.8 Å². The third kappa shape index (κ3) is 1.75. The quantitative estimate of drug-likeness (QED) is 0.778. The largest absolute Gasteiger partial charge is 0.381 e. The van der Waals surface area contributed by atoms with E-state index in [-0.39, 0.29) is 0 Å². The first-order chi connectivity index (χ1) is 6.81. The number of aryl methyl sites for hydroxylation is 1. The van der Waals surface area contributed by atoms with Gasteiger partial charge in [-0.05, 0) is 19.8 Å². The van der Waals surface area contributed by atoms with Crippen molar-refractivity contribution in [3.05, 3.63) is 11.8 Å². The Labute approximate surface area is 84.3 Å². The van der Waals surface area contributed by atoms with Crippen LogP contribution in [-0.4, -0.2) is 30.0 Å². The molecule has 0 atom stereocenters. The van der Waals surface area contributed by atoms with Gasteiger partial charge in [0, 0.05) is 26.3 Å². The fraction of sp³-hybridized carbons (Fsp3) is 0.700. The SMILES string of the molecule is CNc1cc(C)nn1C1CCOCC1. The van der Waals surface area contributed by atoms with E-state index < -0.39 is 0 Å². The van der Waals surface area contributed by atoms with E-state index in [9.17, 15) is 0 Å². The molecule has 1 aromatic rings. The summed E-state index contributed by atoms with van der Waals surface area (Å²) in [6.45, 7) is 3.73. The summed E-state index contributed by atoms with van der Waals surface area (Å²) in [7, 11) is 1.94. The smallest absolute Gasteiger partial charge is 0.124 e. The molecule has 4 nitrogen and oxygen atoms in total. The minimum Gasteiger partial charge on any atom is -0.381 e. The second-order valence-electron chi connectivity index (χ2n) is 3.71. The average Bonchev–Trinajstić information content (AvgIpc) is 2.61. The van der Waals surface area contributed by atoms with Crippen molar-refractivity contribution in [3.63, 3.8) is 0 Å². The fourth-order valence-electron chi connectivity index (χ4n) is 1.91. The van der Waals surface area contributed by atoms with Crippen molar-refractivity contribution < 1.29 is 4.74 Å². The van der Waals surface area contributed by atoms with Gasteiger partial charge in [0.25, 0.3) is 0 Å². The van der Waals surface area contributed by atoms with Crippen LogP contribution in [0.4, 0.5) is 5.82 Å². The van der Waals surface area contributed by atoms with E-state index in [4.69, 9.17) is 4.74 Å². The molecule has 0 spiro atoms. The lowest BCUT2D eigenvalue weighted by Crippen LogP contribution is -2.21. The van der Waals surface area contributed by atoms with Gasteiger partial charge in [-0.3, -0.25) is 0 Å². The summed E-state index contributed by atoms with van der Waals surface area (Å²) < 4.78 is 7.44. The Morgan fingerprint density at radius 2 is 2.21 bits per heavy atom. The molecule has 0 saturated carbocycles. The van der Waals surface area contributed by atoms with Gasteiger partial charge < -0.3 is 10.1 Å². The predicted octanol–water partition coefficient (Wildman–Crippen LogP) is 1.58. The Bertz CT molecular complexity index is 302. The number of ether oxygens (including phenoxy) is 1. The highest BCUT2D eigenvalue weighted by atomic mass is 16.5. The summed E-state index contributed by atoms with van der Waals surface area (Å²) in [5.74, 6) is 1.11. The molecule has 1 fully saturated rings. The summed E-state index contributed by atoms with van der Waals surface area (Å²) >= 11 is 0. The minimum absolute atomic E-state index is 0.500. The van der Waals surface area contributed by atoms with E-state index in [2.05, 4.69) is 21.2 Å². The maximum atomic E-state index is 5.34. The standard InChI is InChI=1S/C10H17N3O/c1-8-7-10(11-2)13(12-8)9-3-5-14-6-4-9/h7,9,11H,3-6H2,1-2H3.